The van der Waals surface area contributed by atoms with Gasteiger partial charge in [0.15, 0.2) is 0 Å². The van der Waals surface area contributed by atoms with Crippen molar-refractivity contribution in [1.29, 1.82) is 0 Å². The fourth-order valence-corrected chi connectivity index (χ4v) is 5.74. The van der Waals surface area contributed by atoms with Gasteiger partial charge in [-0.3, -0.25) is 9.78 Å². The number of fused-ring (bicyclic) bond motifs is 1. The monoisotopic (exact) mass is 472 g/mol. The van der Waals surface area contributed by atoms with E-state index in [0.717, 1.165) is 12.0 Å². The summed E-state index contributed by atoms with van der Waals surface area (Å²) in [5.74, 6) is -0.572. The van der Waals surface area contributed by atoms with Gasteiger partial charge < -0.3 is 9.64 Å². The Hall–Kier alpha value is -2.64. The largest absolute Gasteiger partial charge is 0.466 e. The number of pyridine rings is 1. The Kier molecular flexibility index (Phi) is 6.40. The topological polar surface area (TPSA) is 76.6 Å². The number of esters is 1. The Labute approximate surface area is 193 Å². The van der Waals surface area contributed by atoms with Crippen LogP contribution in [0.1, 0.15) is 25.3 Å². The quantitative estimate of drug-likeness (QED) is 0.496. The summed E-state index contributed by atoms with van der Waals surface area (Å²) in [6, 6.07) is 12.0. The number of carbonyl (C=O) groups excluding carboxylic acids is 1. The van der Waals surface area contributed by atoms with Gasteiger partial charge in [-0.1, -0.05) is 29.3 Å². The van der Waals surface area contributed by atoms with Crippen molar-refractivity contribution in [2.24, 2.45) is 5.92 Å². The van der Waals surface area contributed by atoms with Crippen LogP contribution in [-0.2, 0) is 19.4 Å². The lowest BCUT2D eigenvalue weighted by molar-refractivity contribution is -0.148. The number of carbonyl (C=O) groups is 1. The van der Waals surface area contributed by atoms with Crippen molar-refractivity contribution in [2.75, 3.05) is 24.6 Å². The lowest BCUT2D eigenvalue weighted by Gasteiger charge is -2.35. The molecule has 1 aliphatic heterocycles. The number of piperidine rings is 1. The van der Waals surface area contributed by atoms with Crippen molar-refractivity contribution in [3.05, 3.63) is 59.2 Å². The summed E-state index contributed by atoms with van der Waals surface area (Å²) in [6.07, 6.45) is 2.87. The van der Waals surface area contributed by atoms with Crippen LogP contribution in [0.25, 0.3) is 10.9 Å². The highest BCUT2D eigenvalue weighted by Gasteiger charge is 2.32. The van der Waals surface area contributed by atoms with Crippen LogP contribution in [0.2, 0.25) is 5.02 Å². The van der Waals surface area contributed by atoms with E-state index in [0.29, 0.717) is 47.7 Å². The number of halogens is 1. The van der Waals surface area contributed by atoms with E-state index in [9.17, 15) is 13.2 Å². The van der Waals surface area contributed by atoms with Gasteiger partial charge in [0.2, 0.25) is 9.84 Å². The molecule has 3 aromatic rings. The van der Waals surface area contributed by atoms with Crippen molar-refractivity contribution >= 4 is 44.0 Å². The van der Waals surface area contributed by atoms with E-state index in [4.69, 9.17) is 16.3 Å². The first kappa shape index (κ1) is 22.6. The maximum Gasteiger partial charge on any atom is 0.310 e. The predicted octanol–water partition coefficient (Wildman–Crippen LogP) is 4.81. The molecule has 1 fully saturated rings. The molecular formula is C24H25ClN2O4S. The summed E-state index contributed by atoms with van der Waals surface area (Å²) in [6.45, 7) is 5.00. The SMILES string of the molecule is CCOC(=O)C1CCCN(c2c(S(=O)(=O)c3ccc(C)cc3)cnc3ccc(Cl)cc23)C1. The van der Waals surface area contributed by atoms with Gasteiger partial charge in [0, 0.05) is 29.7 Å². The number of hydrogen-bond donors (Lipinski definition) is 0. The third-order valence-corrected chi connectivity index (χ3v) is 7.75. The Morgan fingerprint density at radius 3 is 2.69 bits per heavy atom. The summed E-state index contributed by atoms with van der Waals surface area (Å²) in [5, 5.41) is 1.14. The van der Waals surface area contributed by atoms with E-state index >= 15 is 0 Å². The van der Waals surface area contributed by atoms with Gasteiger partial charge in [0.25, 0.3) is 0 Å². The summed E-state index contributed by atoms with van der Waals surface area (Å²) in [4.78, 5) is 19.1. The highest BCUT2D eigenvalue weighted by molar-refractivity contribution is 7.91. The average Bonchev–Trinajstić information content (AvgIpc) is 2.78. The predicted molar refractivity (Wildman–Crippen MR) is 125 cm³/mol. The molecule has 0 amide bonds. The van der Waals surface area contributed by atoms with Crippen LogP contribution >= 0.6 is 11.6 Å². The molecule has 1 atom stereocenters. The molecule has 1 aliphatic rings. The van der Waals surface area contributed by atoms with Gasteiger partial charge in [-0.25, -0.2) is 8.42 Å². The first-order valence-electron chi connectivity index (χ1n) is 10.6. The minimum Gasteiger partial charge on any atom is -0.466 e. The molecule has 0 spiro atoms. The third kappa shape index (κ3) is 4.32. The van der Waals surface area contributed by atoms with Gasteiger partial charge in [-0.05, 0) is 57.0 Å². The standard InChI is InChI=1S/C24H25ClN2O4S/c1-3-31-24(28)17-5-4-12-27(15-17)23-20-13-18(25)8-11-21(20)26-14-22(23)32(29,30)19-9-6-16(2)7-10-19/h6-11,13-14,17H,3-5,12,15H2,1-2H3. The molecule has 4 rings (SSSR count). The van der Waals surface area contributed by atoms with Crippen LogP contribution in [0.3, 0.4) is 0 Å². The van der Waals surface area contributed by atoms with E-state index in [2.05, 4.69) is 4.98 Å². The van der Waals surface area contributed by atoms with Crippen LogP contribution in [0.5, 0.6) is 0 Å². The molecule has 2 aromatic carbocycles. The zero-order valence-electron chi connectivity index (χ0n) is 18.0. The van der Waals surface area contributed by atoms with Crippen LogP contribution in [0.15, 0.2) is 58.5 Å². The van der Waals surface area contributed by atoms with E-state index in [1.807, 2.05) is 11.8 Å². The Morgan fingerprint density at radius 2 is 1.97 bits per heavy atom. The first-order chi connectivity index (χ1) is 15.3. The Balaban J connectivity index is 1.88. The summed E-state index contributed by atoms with van der Waals surface area (Å²) >= 11 is 6.28. The average molecular weight is 473 g/mol. The fraction of sp³-hybridized carbons (Fsp3) is 0.333. The molecule has 168 valence electrons. The molecule has 0 radical (unpaired) electrons. The molecule has 0 aliphatic carbocycles. The minimum absolute atomic E-state index is 0.112. The summed E-state index contributed by atoms with van der Waals surface area (Å²) < 4.78 is 32.6. The zero-order chi connectivity index (χ0) is 22.9. The molecule has 2 heterocycles. The summed E-state index contributed by atoms with van der Waals surface area (Å²) in [5.41, 5.74) is 2.15. The lowest BCUT2D eigenvalue weighted by atomic mass is 9.97. The molecule has 1 saturated heterocycles. The first-order valence-corrected chi connectivity index (χ1v) is 12.5. The molecule has 0 bridgehead atoms. The Morgan fingerprint density at radius 1 is 1.22 bits per heavy atom. The second-order valence-corrected chi connectivity index (χ2v) is 10.3. The fourth-order valence-electron chi connectivity index (χ4n) is 4.13. The number of benzene rings is 2. The molecule has 8 heteroatoms. The van der Waals surface area contributed by atoms with Gasteiger partial charge in [-0.15, -0.1) is 0 Å². The second kappa shape index (κ2) is 9.08. The molecule has 0 N–H and O–H groups in total. The lowest BCUT2D eigenvalue weighted by Crippen LogP contribution is -2.40. The van der Waals surface area contributed by atoms with E-state index in [1.165, 1.54) is 6.20 Å². The molecule has 6 nitrogen and oxygen atoms in total. The smallest absolute Gasteiger partial charge is 0.310 e. The van der Waals surface area contributed by atoms with E-state index < -0.39 is 9.84 Å². The van der Waals surface area contributed by atoms with Crippen LogP contribution in [0, 0.1) is 12.8 Å². The van der Waals surface area contributed by atoms with Crippen LogP contribution < -0.4 is 4.90 Å². The van der Waals surface area contributed by atoms with Crippen molar-refractivity contribution < 1.29 is 17.9 Å². The van der Waals surface area contributed by atoms with Gasteiger partial charge in [-0.2, -0.15) is 0 Å². The number of anilines is 1. The van der Waals surface area contributed by atoms with Crippen molar-refractivity contribution in [3.63, 3.8) is 0 Å². The minimum atomic E-state index is -3.85. The molecular weight excluding hydrogens is 448 g/mol. The Bertz CT molecular complexity index is 1260. The van der Waals surface area contributed by atoms with Crippen molar-refractivity contribution in [2.45, 2.75) is 36.5 Å². The second-order valence-electron chi connectivity index (χ2n) is 7.99. The van der Waals surface area contributed by atoms with Gasteiger partial charge in [0.1, 0.15) is 4.90 Å². The molecule has 1 aromatic heterocycles. The molecule has 0 saturated carbocycles. The third-order valence-electron chi connectivity index (χ3n) is 5.75. The number of ether oxygens (including phenoxy) is 1. The van der Waals surface area contributed by atoms with E-state index in [1.54, 1.807) is 49.4 Å². The molecule has 32 heavy (non-hydrogen) atoms. The van der Waals surface area contributed by atoms with Gasteiger partial charge in [0.05, 0.1) is 28.6 Å². The number of aryl methyl sites for hydroxylation is 1. The molecule has 1 unspecified atom stereocenters. The number of hydrogen-bond acceptors (Lipinski definition) is 6. The van der Waals surface area contributed by atoms with Crippen molar-refractivity contribution in [1.82, 2.24) is 4.98 Å². The highest BCUT2D eigenvalue weighted by Crippen LogP contribution is 2.38. The van der Waals surface area contributed by atoms with Crippen molar-refractivity contribution in [3.8, 4) is 0 Å². The van der Waals surface area contributed by atoms with Crippen LogP contribution in [-0.4, -0.2) is 39.1 Å². The normalized spacial score (nSPS) is 16.8. The highest BCUT2D eigenvalue weighted by atomic mass is 35.5. The van der Waals surface area contributed by atoms with E-state index in [-0.39, 0.29) is 21.7 Å². The number of rotatable bonds is 5. The maximum absolute atomic E-state index is 13.7. The maximum atomic E-state index is 13.7. The van der Waals surface area contributed by atoms with Gasteiger partial charge >= 0.3 is 5.97 Å². The number of sulfone groups is 1. The van der Waals surface area contributed by atoms with Crippen LogP contribution in [0.4, 0.5) is 5.69 Å². The number of nitrogens with zero attached hydrogens (tertiary/aromatic N) is 2. The summed E-state index contributed by atoms with van der Waals surface area (Å²) in [7, 11) is -3.85. The zero-order valence-corrected chi connectivity index (χ0v) is 19.6. The number of aromatic nitrogens is 1.